The van der Waals surface area contributed by atoms with E-state index in [4.69, 9.17) is 4.74 Å². The van der Waals surface area contributed by atoms with Gasteiger partial charge in [0.25, 0.3) is 0 Å². The van der Waals surface area contributed by atoms with Crippen LogP contribution in [-0.4, -0.2) is 13.2 Å². The second kappa shape index (κ2) is 38.0. The van der Waals surface area contributed by atoms with Gasteiger partial charge in [0.15, 0.2) is 75.8 Å². The molecule has 0 saturated heterocycles. The van der Waals surface area contributed by atoms with Crippen LogP contribution < -0.4 is 18.3 Å². The van der Waals surface area contributed by atoms with Gasteiger partial charge in [-0.3, -0.25) is 0 Å². The van der Waals surface area contributed by atoms with E-state index >= 15 is 0 Å². The molecule has 36 rings (SSSR count). The fourth-order valence-corrected chi connectivity index (χ4v) is 15.6. The van der Waals surface area contributed by atoms with Crippen LogP contribution in [0, 0.1) is 0 Å². The van der Waals surface area contributed by atoms with E-state index in [-0.39, 0.29) is 0 Å². The Hall–Kier alpha value is -13.5. The Morgan fingerprint density at radius 3 is 0.468 bits per heavy atom. The van der Waals surface area contributed by atoms with Gasteiger partial charge in [0.05, 0.1) is 0 Å². The number of benzene rings is 12. The molecule has 139 heavy (non-hydrogen) atoms. The Bertz CT molecular complexity index is 6160. The van der Waals surface area contributed by atoms with Crippen LogP contribution in [0.1, 0.15) is 103 Å². The Morgan fingerprint density at radius 2 is 0.324 bits per heavy atom. The summed E-state index contributed by atoms with van der Waals surface area (Å²) in [6, 6.07) is 135. The number of halogens is 24. The zero-order chi connectivity index (χ0) is 100. The predicted octanol–water partition coefficient (Wildman–Crippen LogP) is 35.9. The van der Waals surface area contributed by atoms with Gasteiger partial charge in [-0.25, -0.2) is 18.3 Å². The summed E-state index contributed by atoms with van der Waals surface area (Å²) < 4.78 is 251. The van der Waals surface area contributed by atoms with Crippen LogP contribution >= 0.6 is 31.2 Å². The summed E-state index contributed by atoms with van der Waals surface area (Å²) in [5, 5.41) is 0. The molecule has 33 heteroatoms. The molecule has 0 aliphatic carbocycles. The quantitative estimate of drug-likeness (QED) is 0.0925. The number of hydrogen-bond acceptors (Lipinski definition) is 1. The van der Waals surface area contributed by atoms with Gasteiger partial charge in [-0.1, -0.05) is 315 Å². The molecule has 4 aromatic heterocycles. The predicted molar refractivity (Wildman–Crippen MR) is 508 cm³/mol. The average Bonchev–Trinajstić information content (AvgIpc) is 1.17. The van der Waals surface area contributed by atoms with E-state index in [1.807, 2.05) is 13.8 Å². The van der Waals surface area contributed by atoms with Gasteiger partial charge in [-0.05, 0) is 159 Å². The van der Waals surface area contributed by atoms with E-state index in [1.165, 1.54) is 89.1 Å². The number of nitrogens with zero attached hydrogens (tertiary/aromatic N) is 4. The summed E-state index contributed by atoms with van der Waals surface area (Å²) in [5.41, 5.74) is 35.2. The molecule has 0 atom stereocenters. The number of aromatic nitrogens is 4. The minimum Gasteiger partial charge on any atom is -0.201 e. The number of pyridine rings is 4. The summed E-state index contributed by atoms with van der Waals surface area (Å²) in [4.78, 5) is 0. The van der Waals surface area contributed by atoms with Gasteiger partial charge in [0, 0.05) is 84.0 Å². The van der Waals surface area contributed by atoms with Gasteiger partial charge in [0.1, 0.15) is 0 Å². The molecule has 24 heterocycles. The second-order valence-corrected chi connectivity index (χ2v) is 40.1. The van der Waals surface area contributed by atoms with Crippen molar-refractivity contribution in [2.24, 2.45) is 0 Å². The molecular weight excluding hydrogens is 1930 g/mol. The molecule has 20 aliphatic rings. The van der Waals surface area contributed by atoms with Crippen LogP contribution in [0.3, 0.4) is 0 Å². The topological polar surface area (TPSA) is 24.7 Å². The van der Waals surface area contributed by atoms with Gasteiger partial charge < -0.3 is 4.74 Å². The summed E-state index contributed by atoms with van der Waals surface area (Å²) in [6.45, 7) is 8.61. The van der Waals surface area contributed by atoms with Crippen LogP contribution in [0.4, 0.5) is 101 Å². The van der Waals surface area contributed by atoms with Crippen LogP contribution in [0.2, 0.25) is 0 Å². The van der Waals surface area contributed by atoms with Crippen molar-refractivity contribution in [1.29, 1.82) is 0 Å². The van der Waals surface area contributed by atoms with Gasteiger partial charge in [-0.2, -0.15) is 0 Å². The SMILES string of the molecule is CCOCC.F[P-](F)(F)(F)(F)F.F[P-](F)(F)(F)(F)F.F[P-](F)(F)(F)(F)F.F[P-](F)(F)(F)(F)F.c1ccc(C(=C2c3ccc(cc3)C[n+]3ccc(cc3)-c3ccc(cc3)C3=C(c4ccc(cc4)-c4cc[n+](cc4)Cc4ccc2cc4)c2ccc(cc2)-c2cc[n+](cc2)Cc2ccc(cc2)C(=C(c2ccccc2)c2ccccc2)c2ccc(cc2)C[n+]2ccc(cc2)-c2ccc3cc2)c2ccccc2)cc1. The maximum absolute atomic E-state index is 10.7. The molecule has 24 bridgehead atoms. The van der Waals surface area contributed by atoms with Crippen molar-refractivity contribution in [3.8, 4) is 44.5 Å². The van der Waals surface area contributed by atoms with E-state index in [9.17, 15) is 101 Å². The van der Waals surface area contributed by atoms with Crippen LogP contribution in [0.5, 0.6) is 0 Å². The minimum absolute atomic E-state index is 0.736. The molecule has 16 aromatic rings. The standard InChI is InChI=1S/C102H76N4.C4H10O.4F6P/c1-5-13-85(14-6-1)97(86-15-7-2-8-16-86)99-89-29-21-73(22-30-89)69-103-61-53-81(54-62-103)77-37-45-93(46-38-77)101-95-49-41-79(42-50-95)83-57-65-105(66-58-83)71-75-25-33-91(34-26-75)100(98(87-17-9-3-10-18-87)88-19-11-4-12-20-88)92-35-27-76(28-36-92)72-106-67-59-84(60-68-106)80-43-51-96(52-44-80)102(101)94-47-39-78(40-48-94)82-55-63-104(64-56-82)70-74-23-31-90(99)32-24-74;1-3-5-4-2;4*1-7(2,3,4,5)6/h1-68H,69-72H2;3-4H2,1-2H3;;;;/q+4;;4*-1. The van der Waals surface area contributed by atoms with E-state index in [2.05, 4.69) is 432 Å². The first-order chi connectivity index (χ1) is 64.7. The van der Waals surface area contributed by atoms with E-state index in [0.717, 1.165) is 117 Å². The molecule has 0 saturated carbocycles. The van der Waals surface area contributed by atoms with E-state index in [0.29, 0.717) is 0 Å². The first-order valence-corrected chi connectivity index (χ1v) is 50.8. The van der Waals surface area contributed by atoms with Crippen molar-refractivity contribution in [2.45, 2.75) is 40.0 Å². The zero-order valence-electron chi connectivity index (χ0n) is 73.6. The molecule has 20 aliphatic heterocycles. The van der Waals surface area contributed by atoms with Crippen molar-refractivity contribution in [3.05, 3.63) is 503 Å². The van der Waals surface area contributed by atoms with Gasteiger partial charge >= 0.3 is 132 Å². The normalized spacial score (nSPS) is 14.5. The zero-order valence-corrected chi connectivity index (χ0v) is 77.1. The maximum Gasteiger partial charge on any atom is 0.173 e. The molecule has 0 spiro atoms. The summed E-state index contributed by atoms with van der Waals surface area (Å²) >= 11 is 0. The molecule has 0 amide bonds. The fraction of sp³-hybridized carbons (Fsp3) is 0.0755. The molecule has 0 unspecified atom stereocenters. The smallest absolute Gasteiger partial charge is 0.173 e. The van der Waals surface area contributed by atoms with Gasteiger partial charge in [-0.15, -0.1) is 0 Å². The van der Waals surface area contributed by atoms with Crippen molar-refractivity contribution >= 4 is 64.7 Å². The van der Waals surface area contributed by atoms with E-state index < -0.39 is 31.2 Å². The van der Waals surface area contributed by atoms with Gasteiger partial charge in [0.2, 0.25) is 0 Å². The number of hydrogen-bond donors (Lipinski definition) is 0. The Balaban J connectivity index is 0.000000425. The van der Waals surface area contributed by atoms with Crippen molar-refractivity contribution < 1.29 is 124 Å². The summed E-state index contributed by atoms with van der Waals surface area (Å²) in [6.07, 6.45) is 17.7. The third-order valence-electron chi connectivity index (χ3n) is 21.4. The van der Waals surface area contributed by atoms with Crippen molar-refractivity contribution in [2.75, 3.05) is 13.2 Å². The number of ether oxygens (including phenoxy) is 1. The first kappa shape index (κ1) is 103. The third-order valence-corrected chi connectivity index (χ3v) is 21.4. The summed E-state index contributed by atoms with van der Waals surface area (Å²) in [7, 11) is -42.6. The van der Waals surface area contributed by atoms with E-state index in [1.54, 1.807) is 0 Å². The minimum atomic E-state index is -10.7. The largest absolute Gasteiger partial charge is 0.201 e. The fourth-order valence-electron chi connectivity index (χ4n) is 15.6. The first-order valence-electron chi connectivity index (χ1n) is 42.7. The monoisotopic (exact) mass is 2010 g/mol. The summed E-state index contributed by atoms with van der Waals surface area (Å²) in [5.74, 6) is 0. The molecule has 0 radical (unpaired) electrons. The van der Waals surface area contributed by atoms with Crippen molar-refractivity contribution in [1.82, 2.24) is 0 Å². The van der Waals surface area contributed by atoms with Crippen molar-refractivity contribution in [3.63, 3.8) is 0 Å². The Kier molecular flexibility index (Phi) is 28.1. The van der Waals surface area contributed by atoms with Crippen LogP contribution in [0.15, 0.2) is 414 Å². The Morgan fingerprint density at radius 1 is 0.187 bits per heavy atom. The molecule has 724 valence electrons. The molecular formula is C106H86F24N4OP4. The third kappa shape index (κ3) is 34.5. The Labute approximate surface area is 784 Å². The van der Waals surface area contributed by atoms with Crippen LogP contribution in [0.25, 0.3) is 77.9 Å². The molecule has 5 nitrogen and oxygen atoms in total. The van der Waals surface area contributed by atoms with Crippen LogP contribution in [-0.2, 0) is 30.9 Å². The second-order valence-electron chi connectivity index (χ2n) is 32.5. The molecule has 0 N–H and O–H groups in total. The molecule has 12 aromatic carbocycles. The average molecular weight is 2010 g/mol. The maximum atomic E-state index is 9.87. The molecule has 0 fully saturated rings. The number of rotatable bonds is 6.